The molecule has 2 amide bonds. The molecule has 3 aliphatic rings. The first-order valence-electron chi connectivity index (χ1n) is 9.47. The monoisotopic (exact) mass is 420 g/mol. The predicted octanol–water partition coefficient (Wildman–Crippen LogP) is 3.14. The first-order valence-corrected chi connectivity index (χ1v) is 10.3. The molecule has 4 rings (SSSR count). The Morgan fingerprint density at radius 1 is 1.35 bits per heavy atom. The average Bonchev–Trinajstić information content (AvgIpc) is 3.19. The molecule has 2 heterocycles. The van der Waals surface area contributed by atoms with Crippen LogP contribution in [0.2, 0.25) is 0 Å². The van der Waals surface area contributed by atoms with Gasteiger partial charge in [-0.05, 0) is 49.9 Å². The van der Waals surface area contributed by atoms with Crippen molar-refractivity contribution in [1.82, 2.24) is 4.90 Å². The molecule has 1 aromatic carbocycles. The number of nitrogens with zero attached hydrogens (tertiary/aromatic N) is 2. The van der Waals surface area contributed by atoms with Gasteiger partial charge in [0.2, 0.25) is 11.8 Å². The van der Waals surface area contributed by atoms with E-state index < -0.39 is 0 Å². The number of hydrogen-bond acceptors (Lipinski definition) is 3. The second kappa shape index (κ2) is 7.31. The molecule has 0 radical (unpaired) electrons. The number of carbonyl (C=O) groups is 2. The van der Waals surface area contributed by atoms with Crippen LogP contribution in [-0.4, -0.2) is 49.1 Å². The van der Waals surface area contributed by atoms with E-state index >= 15 is 0 Å². The van der Waals surface area contributed by atoms with E-state index in [1.807, 2.05) is 30.0 Å². The molecule has 0 N–H and O–H groups in total. The SMILES string of the molecule is Cc1cc(N2C[C@H](C(=O)N(C[C@H]3CCOC3)C3CC3)CC2=O)ccc1Br. The summed E-state index contributed by atoms with van der Waals surface area (Å²) in [6.07, 6.45) is 3.54. The lowest BCUT2D eigenvalue weighted by molar-refractivity contribution is -0.137. The number of benzene rings is 1. The summed E-state index contributed by atoms with van der Waals surface area (Å²) in [4.78, 5) is 29.5. The summed E-state index contributed by atoms with van der Waals surface area (Å²) < 4.78 is 6.50. The lowest BCUT2D eigenvalue weighted by Gasteiger charge is -2.28. The highest BCUT2D eigenvalue weighted by Gasteiger charge is 2.42. The van der Waals surface area contributed by atoms with Crippen LogP contribution in [0.5, 0.6) is 0 Å². The number of amides is 2. The van der Waals surface area contributed by atoms with Crippen LogP contribution in [0.15, 0.2) is 22.7 Å². The normalized spacial score (nSPS) is 25.8. The summed E-state index contributed by atoms with van der Waals surface area (Å²) in [5, 5.41) is 0. The van der Waals surface area contributed by atoms with E-state index in [1.54, 1.807) is 4.90 Å². The van der Waals surface area contributed by atoms with Gasteiger partial charge in [0.15, 0.2) is 0 Å². The van der Waals surface area contributed by atoms with Crippen LogP contribution < -0.4 is 4.90 Å². The standard InChI is InChI=1S/C20H25BrN2O3/c1-13-8-17(4-5-18(13)21)22-11-15(9-19(22)24)20(25)23(16-2-3-16)10-14-6-7-26-12-14/h4-5,8,14-16H,2-3,6-7,9-12H2,1H3/t14-,15-/m1/s1. The number of rotatable bonds is 5. The van der Waals surface area contributed by atoms with E-state index in [2.05, 4.69) is 15.9 Å². The van der Waals surface area contributed by atoms with E-state index in [0.717, 1.165) is 54.7 Å². The first-order chi connectivity index (χ1) is 12.5. The molecular formula is C20H25BrN2O3. The zero-order valence-electron chi connectivity index (χ0n) is 15.1. The number of halogens is 1. The van der Waals surface area contributed by atoms with Gasteiger partial charge in [-0.25, -0.2) is 0 Å². The molecule has 0 aromatic heterocycles. The Labute approximate surface area is 162 Å². The van der Waals surface area contributed by atoms with Gasteiger partial charge in [-0.15, -0.1) is 0 Å². The Bertz CT molecular complexity index is 713. The van der Waals surface area contributed by atoms with Crippen molar-refractivity contribution < 1.29 is 14.3 Å². The summed E-state index contributed by atoms with van der Waals surface area (Å²) in [5.74, 6) is 0.422. The minimum absolute atomic E-state index is 0.0463. The van der Waals surface area contributed by atoms with Crippen molar-refractivity contribution in [2.75, 3.05) is 31.2 Å². The summed E-state index contributed by atoms with van der Waals surface area (Å²) >= 11 is 3.50. The highest BCUT2D eigenvalue weighted by atomic mass is 79.9. The van der Waals surface area contributed by atoms with Gasteiger partial charge in [0.25, 0.3) is 0 Å². The van der Waals surface area contributed by atoms with Gasteiger partial charge in [0.05, 0.1) is 12.5 Å². The Kier molecular flexibility index (Phi) is 5.06. The highest BCUT2D eigenvalue weighted by molar-refractivity contribution is 9.10. The molecule has 1 aliphatic carbocycles. The topological polar surface area (TPSA) is 49.9 Å². The van der Waals surface area contributed by atoms with Crippen molar-refractivity contribution in [2.45, 2.75) is 38.6 Å². The lowest BCUT2D eigenvalue weighted by atomic mass is 10.0. The van der Waals surface area contributed by atoms with Crippen LogP contribution in [-0.2, 0) is 14.3 Å². The van der Waals surface area contributed by atoms with E-state index in [1.165, 1.54) is 0 Å². The van der Waals surface area contributed by atoms with Crippen molar-refractivity contribution in [3.63, 3.8) is 0 Å². The molecule has 0 spiro atoms. The van der Waals surface area contributed by atoms with Gasteiger partial charge >= 0.3 is 0 Å². The maximum Gasteiger partial charge on any atom is 0.228 e. The van der Waals surface area contributed by atoms with Gasteiger partial charge in [-0.3, -0.25) is 9.59 Å². The Hall–Kier alpha value is -1.40. The maximum atomic E-state index is 13.2. The summed E-state index contributed by atoms with van der Waals surface area (Å²) in [6.45, 7) is 4.84. The third-order valence-electron chi connectivity index (χ3n) is 5.68. The van der Waals surface area contributed by atoms with Gasteiger partial charge in [0.1, 0.15) is 0 Å². The number of hydrogen-bond donors (Lipinski definition) is 0. The fourth-order valence-corrected chi connectivity index (χ4v) is 4.21. The smallest absolute Gasteiger partial charge is 0.228 e. The third-order valence-corrected chi connectivity index (χ3v) is 6.57. The van der Waals surface area contributed by atoms with Gasteiger partial charge in [0, 0.05) is 48.2 Å². The zero-order valence-corrected chi connectivity index (χ0v) is 16.7. The molecule has 5 nitrogen and oxygen atoms in total. The molecule has 0 bridgehead atoms. The van der Waals surface area contributed by atoms with E-state index in [4.69, 9.17) is 4.74 Å². The molecule has 26 heavy (non-hydrogen) atoms. The Morgan fingerprint density at radius 2 is 2.15 bits per heavy atom. The van der Waals surface area contributed by atoms with Crippen molar-refractivity contribution >= 4 is 33.4 Å². The minimum atomic E-state index is -0.227. The maximum absolute atomic E-state index is 13.2. The number of ether oxygens (including phenoxy) is 1. The second-order valence-corrected chi connectivity index (χ2v) is 8.64. The van der Waals surface area contributed by atoms with Gasteiger partial charge < -0.3 is 14.5 Å². The van der Waals surface area contributed by atoms with Crippen LogP contribution in [0.3, 0.4) is 0 Å². The number of anilines is 1. The third kappa shape index (κ3) is 3.67. The van der Waals surface area contributed by atoms with E-state index in [-0.39, 0.29) is 17.7 Å². The molecule has 6 heteroatoms. The average molecular weight is 421 g/mol. The molecule has 2 atom stereocenters. The van der Waals surface area contributed by atoms with Crippen molar-refractivity contribution in [3.8, 4) is 0 Å². The predicted molar refractivity (Wildman–Crippen MR) is 103 cm³/mol. The molecule has 140 valence electrons. The second-order valence-electron chi connectivity index (χ2n) is 7.79. The quantitative estimate of drug-likeness (QED) is 0.734. The minimum Gasteiger partial charge on any atom is -0.381 e. The van der Waals surface area contributed by atoms with Crippen molar-refractivity contribution in [1.29, 1.82) is 0 Å². The van der Waals surface area contributed by atoms with Crippen LogP contribution in [0.1, 0.15) is 31.2 Å². The van der Waals surface area contributed by atoms with Gasteiger partial charge in [-0.2, -0.15) is 0 Å². The molecule has 0 unspecified atom stereocenters. The van der Waals surface area contributed by atoms with Crippen LogP contribution in [0, 0.1) is 18.8 Å². The highest BCUT2D eigenvalue weighted by Crippen LogP contribution is 2.34. The first kappa shape index (κ1) is 18.0. The summed E-state index contributed by atoms with van der Waals surface area (Å²) in [5.41, 5.74) is 1.97. The molecule has 2 saturated heterocycles. The van der Waals surface area contributed by atoms with Gasteiger partial charge in [-0.1, -0.05) is 15.9 Å². The molecule has 2 aliphatic heterocycles. The zero-order chi connectivity index (χ0) is 18.3. The summed E-state index contributed by atoms with van der Waals surface area (Å²) in [7, 11) is 0. The number of carbonyl (C=O) groups excluding carboxylic acids is 2. The fourth-order valence-electron chi connectivity index (χ4n) is 3.96. The van der Waals surface area contributed by atoms with Crippen LogP contribution in [0.4, 0.5) is 5.69 Å². The van der Waals surface area contributed by atoms with E-state index in [9.17, 15) is 9.59 Å². The van der Waals surface area contributed by atoms with Crippen LogP contribution in [0.25, 0.3) is 0 Å². The molecule has 1 saturated carbocycles. The summed E-state index contributed by atoms with van der Waals surface area (Å²) in [6, 6.07) is 6.28. The molecular weight excluding hydrogens is 396 g/mol. The Balaban J connectivity index is 1.46. The fraction of sp³-hybridized carbons (Fsp3) is 0.600. The largest absolute Gasteiger partial charge is 0.381 e. The molecule has 1 aromatic rings. The van der Waals surface area contributed by atoms with E-state index in [0.29, 0.717) is 24.9 Å². The Morgan fingerprint density at radius 3 is 2.81 bits per heavy atom. The van der Waals surface area contributed by atoms with Crippen LogP contribution >= 0.6 is 15.9 Å². The van der Waals surface area contributed by atoms with Crippen molar-refractivity contribution in [2.24, 2.45) is 11.8 Å². The van der Waals surface area contributed by atoms with Crippen molar-refractivity contribution in [3.05, 3.63) is 28.2 Å². The molecule has 3 fully saturated rings. The number of aryl methyl sites for hydroxylation is 1. The lowest BCUT2D eigenvalue weighted by Crippen LogP contribution is -2.42.